The molecule has 0 spiro atoms. The van der Waals surface area contributed by atoms with Gasteiger partial charge in [0.15, 0.2) is 6.04 Å². The molecule has 0 radical (unpaired) electrons. The average Bonchev–Trinajstić information content (AvgIpc) is 2.87. The van der Waals surface area contributed by atoms with Gasteiger partial charge in [-0.05, 0) is 12.1 Å². The minimum Gasteiger partial charge on any atom is -0.475 e. The molecular formula is C12H14N2O3. The van der Waals surface area contributed by atoms with Crippen molar-refractivity contribution in [2.24, 2.45) is 4.99 Å². The van der Waals surface area contributed by atoms with Gasteiger partial charge in [-0.3, -0.25) is 9.63 Å². The van der Waals surface area contributed by atoms with E-state index in [1.807, 2.05) is 30.3 Å². The molecule has 90 valence electrons. The van der Waals surface area contributed by atoms with Crippen LogP contribution in [0.4, 0.5) is 0 Å². The number of rotatable bonds is 3. The first-order chi connectivity index (χ1) is 8.22. The molecule has 17 heavy (non-hydrogen) atoms. The first-order valence-electron chi connectivity index (χ1n) is 5.30. The fourth-order valence-electron chi connectivity index (χ4n) is 1.54. The molecule has 0 aliphatic carbocycles. The van der Waals surface area contributed by atoms with Crippen LogP contribution in [0.2, 0.25) is 0 Å². The lowest BCUT2D eigenvalue weighted by Crippen LogP contribution is -2.35. The summed E-state index contributed by atoms with van der Waals surface area (Å²) in [6.07, 6.45) is 0. The summed E-state index contributed by atoms with van der Waals surface area (Å²) in [7, 11) is 2.99. The van der Waals surface area contributed by atoms with E-state index in [9.17, 15) is 4.79 Å². The Balaban J connectivity index is 2.12. The second-order valence-electron chi connectivity index (χ2n) is 3.65. The van der Waals surface area contributed by atoms with Gasteiger partial charge in [-0.15, -0.1) is 0 Å². The molecule has 2 rings (SSSR count). The predicted octanol–water partition coefficient (Wildman–Crippen LogP) is 0.852. The van der Waals surface area contributed by atoms with Crippen LogP contribution in [0.15, 0.2) is 35.3 Å². The Labute approximate surface area is 99.6 Å². The van der Waals surface area contributed by atoms with E-state index in [4.69, 9.17) is 9.57 Å². The predicted molar refractivity (Wildman–Crippen MR) is 62.5 cm³/mol. The third-order valence-corrected chi connectivity index (χ3v) is 2.54. The van der Waals surface area contributed by atoms with Crippen molar-refractivity contribution in [1.29, 1.82) is 0 Å². The van der Waals surface area contributed by atoms with Crippen molar-refractivity contribution in [3.63, 3.8) is 0 Å². The lowest BCUT2D eigenvalue weighted by molar-refractivity contribution is -0.170. The van der Waals surface area contributed by atoms with E-state index in [0.717, 1.165) is 10.6 Å². The van der Waals surface area contributed by atoms with Gasteiger partial charge in [0.25, 0.3) is 5.91 Å². The van der Waals surface area contributed by atoms with Crippen LogP contribution < -0.4 is 0 Å². The van der Waals surface area contributed by atoms with Crippen LogP contribution in [0.1, 0.15) is 5.56 Å². The first kappa shape index (κ1) is 11.6. The fraction of sp³-hybridized carbons (Fsp3) is 0.333. The number of carbonyl (C=O) groups excluding carboxylic acids is 1. The third kappa shape index (κ3) is 2.45. The number of amides is 1. The minimum absolute atomic E-state index is 0.210. The molecule has 0 saturated heterocycles. The zero-order chi connectivity index (χ0) is 12.3. The molecule has 5 heteroatoms. The first-order valence-corrected chi connectivity index (χ1v) is 5.30. The number of hydrogen-bond donors (Lipinski definition) is 0. The fourth-order valence-corrected chi connectivity index (χ4v) is 1.54. The lowest BCUT2D eigenvalue weighted by Gasteiger charge is -2.15. The van der Waals surface area contributed by atoms with E-state index < -0.39 is 6.04 Å². The van der Waals surface area contributed by atoms with Crippen molar-refractivity contribution in [2.75, 3.05) is 20.8 Å². The smallest absolute Gasteiger partial charge is 0.274 e. The van der Waals surface area contributed by atoms with E-state index in [1.165, 1.54) is 7.11 Å². The summed E-state index contributed by atoms with van der Waals surface area (Å²) in [5.41, 5.74) is 0.878. The lowest BCUT2D eigenvalue weighted by atomic mass is 10.2. The summed E-state index contributed by atoms with van der Waals surface area (Å²) < 4.78 is 5.41. The number of aliphatic imine (C=N–C) groups is 1. The number of hydroxylamine groups is 2. The van der Waals surface area contributed by atoms with Crippen molar-refractivity contribution < 1.29 is 14.4 Å². The van der Waals surface area contributed by atoms with Crippen LogP contribution >= 0.6 is 0 Å². The molecule has 1 aliphatic rings. The van der Waals surface area contributed by atoms with Crippen LogP contribution in [0.25, 0.3) is 0 Å². The Morgan fingerprint density at radius 1 is 1.47 bits per heavy atom. The number of carbonyl (C=O) groups is 1. The van der Waals surface area contributed by atoms with Gasteiger partial charge in [0, 0.05) is 12.6 Å². The monoisotopic (exact) mass is 234 g/mol. The number of benzene rings is 1. The summed E-state index contributed by atoms with van der Waals surface area (Å²) in [4.78, 5) is 20.8. The Kier molecular flexibility index (Phi) is 3.39. The normalized spacial score (nSPS) is 18.5. The Morgan fingerprint density at radius 3 is 2.82 bits per heavy atom. The molecule has 0 bridgehead atoms. The molecule has 0 N–H and O–H groups in total. The highest BCUT2D eigenvalue weighted by Gasteiger charge is 2.28. The van der Waals surface area contributed by atoms with E-state index >= 15 is 0 Å². The molecule has 0 unspecified atom stereocenters. The van der Waals surface area contributed by atoms with E-state index in [-0.39, 0.29) is 12.5 Å². The van der Waals surface area contributed by atoms with Crippen molar-refractivity contribution >= 4 is 11.8 Å². The summed E-state index contributed by atoms with van der Waals surface area (Å²) >= 11 is 0. The highest BCUT2D eigenvalue weighted by Crippen LogP contribution is 2.13. The second kappa shape index (κ2) is 4.97. The quantitative estimate of drug-likeness (QED) is 0.729. The molecule has 1 aromatic carbocycles. The molecule has 0 saturated carbocycles. The zero-order valence-electron chi connectivity index (χ0n) is 9.79. The second-order valence-corrected chi connectivity index (χ2v) is 3.65. The molecule has 0 aromatic heterocycles. The molecule has 1 aliphatic heterocycles. The van der Waals surface area contributed by atoms with Gasteiger partial charge in [0.2, 0.25) is 5.90 Å². The molecule has 1 aromatic rings. The summed E-state index contributed by atoms with van der Waals surface area (Å²) in [5, 5.41) is 1.16. The van der Waals surface area contributed by atoms with Gasteiger partial charge in [-0.1, -0.05) is 18.2 Å². The number of ether oxygens (including phenoxy) is 1. The van der Waals surface area contributed by atoms with Gasteiger partial charge in [0.1, 0.15) is 6.61 Å². The molecule has 0 fully saturated rings. The topological polar surface area (TPSA) is 51.1 Å². The van der Waals surface area contributed by atoms with E-state index in [1.54, 1.807) is 7.05 Å². The van der Waals surface area contributed by atoms with E-state index in [2.05, 4.69) is 4.99 Å². The van der Waals surface area contributed by atoms with Crippen molar-refractivity contribution in [3.05, 3.63) is 35.9 Å². The van der Waals surface area contributed by atoms with E-state index in [0.29, 0.717) is 5.90 Å². The largest absolute Gasteiger partial charge is 0.475 e. The minimum atomic E-state index is -0.518. The Hall–Kier alpha value is -1.88. The Morgan fingerprint density at radius 2 is 2.18 bits per heavy atom. The highest BCUT2D eigenvalue weighted by atomic mass is 16.7. The summed E-state index contributed by atoms with van der Waals surface area (Å²) in [6, 6.07) is 8.99. The van der Waals surface area contributed by atoms with Gasteiger partial charge in [0.05, 0.1) is 7.11 Å². The zero-order valence-corrected chi connectivity index (χ0v) is 9.79. The summed E-state index contributed by atoms with van der Waals surface area (Å²) in [6.45, 7) is 0.261. The van der Waals surface area contributed by atoms with Crippen molar-refractivity contribution in [1.82, 2.24) is 5.06 Å². The molecular weight excluding hydrogens is 220 g/mol. The van der Waals surface area contributed by atoms with Crippen LogP contribution in [0.5, 0.6) is 0 Å². The van der Waals surface area contributed by atoms with Crippen molar-refractivity contribution in [3.8, 4) is 0 Å². The molecule has 1 atom stereocenters. The van der Waals surface area contributed by atoms with Gasteiger partial charge < -0.3 is 4.74 Å². The number of likely N-dealkylation sites (N-methyl/N-ethyl adjacent to an activating group) is 1. The molecule has 5 nitrogen and oxygen atoms in total. The van der Waals surface area contributed by atoms with Gasteiger partial charge >= 0.3 is 0 Å². The van der Waals surface area contributed by atoms with Crippen LogP contribution in [-0.4, -0.2) is 43.7 Å². The standard InChI is InChI=1S/C12H14N2O3/c1-14(16-2)12(15)10-8-17-11(13-10)9-6-4-3-5-7-9/h3-7,10H,8H2,1-2H3/t10-/m1/s1. The maximum absolute atomic E-state index is 11.8. The van der Waals surface area contributed by atoms with Gasteiger partial charge in [-0.25, -0.2) is 10.1 Å². The van der Waals surface area contributed by atoms with Crippen LogP contribution in [0, 0.1) is 0 Å². The average molecular weight is 234 g/mol. The third-order valence-electron chi connectivity index (χ3n) is 2.54. The highest BCUT2D eigenvalue weighted by molar-refractivity contribution is 5.98. The Bertz CT molecular complexity index is 431. The van der Waals surface area contributed by atoms with Crippen LogP contribution in [-0.2, 0) is 14.4 Å². The van der Waals surface area contributed by atoms with Gasteiger partial charge in [-0.2, -0.15) is 0 Å². The van der Waals surface area contributed by atoms with Crippen LogP contribution in [0.3, 0.4) is 0 Å². The SMILES string of the molecule is CON(C)C(=O)[C@H]1COC(c2ccccc2)=N1. The molecule has 1 heterocycles. The maximum Gasteiger partial charge on any atom is 0.274 e. The number of hydrogen-bond acceptors (Lipinski definition) is 4. The summed E-state index contributed by atoms with van der Waals surface area (Å²) in [5.74, 6) is 0.298. The maximum atomic E-state index is 11.8. The van der Waals surface area contributed by atoms with Crippen molar-refractivity contribution in [2.45, 2.75) is 6.04 Å². The number of nitrogens with zero attached hydrogens (tertiary/aromatic N) is 2. The molecule has 1 amide bonds.